The normalized spacial score (nSPS) is 44.0. The third-order valence-corrected chi connectivity index (χ3v) is 5.03. The largest absolute Gasteiger partial charge is 0.388 e. The maximum Gasteiger partial charge on any atom is 0.159 e. The van der Waals surface area contributed by atoms with E-state index in [2.05, 4.69) is 16.9 Å². The number of amidine groups is 1. The summed E-state index contributed by atoms with van der Waals surface area (Å²) in [7, 11) is 0. The highest BCUT2D eigenvalue weighted by atomic mass is 32.2. The van der Waals surface area contributed by atoms with Crippen LogP contribution in [-0.4, -0.2) is 62.9 Å². The van der Waals surface area contributed by atoms with E-state index in [9.17, 15) is 15.3 Å². The van der Waals surface area contributed by atoms with E-state index in [0.717, 1.165) is 11.7 Å². The Kier molecular flexibility index (Phi) is 4.05. The molecule has 3 aliphatic rings. The minimum absolute atomic E-state index is 0.356. The Hall–Kier alpha value is -0.600. The molecule has 2 heterocycles. The Morgan fingerprint density at radius 3 is 2.85 bits per heavy atom. The van der Waals surface area contributed by atoms with E-state index in [1.807, 2.05) is 0 Å². The van der Waals surface area contributed by atoms with E-state index in [4.69, 9.17) is 4.74 Å². The van der Waals surface area contributed by atoms with Crippen LogP contribution in [0.1, 0.15) is 12.8 Å². The molecule has 1 aliphatic carbocycles. The smallest absolute Gasteiger partial charge is 0.159 e. The summed E-state index contributed by atoms with van der Waals surface area (Å²) in [6.07, 6.45) is -0.251. The van der Waals surface area contributed by atoms with Gasteiger partial charge in [-0.05, 0) is 18.8 Å². The molecule has 0 bridgehead atoms. The standard InChI is InChI=1S/C13H20N2O4S/c1-2-7(16)11-10(18)9(17)8-12(19-11)20-13(15-8)14-5-6-3-4-6/h2,6-12,16-18H,1,3-5H2,(H,14,15)/t7-,8+,9+,10-,11+,12+/m0/s1. The first-order valence-corrected chi connectivity index (χ1v) is 7.78. The summed E-state index contributed by atoms with van der Waals surface area (Å²) in [5, 5.41) is 33.8. The summed E-state index contributed by atoms with van der Waals surface area (Å²) >= 11 is 1.40. The lowest BCUT2D eigenvalue weighted by molar-refractivity contribution is -0.179. The molecule has 0 unspecified atom stereocenters. The molecular weight excluding hydrogens is 280 g/mol. The van der Waals surface area contributed by atoms with Crippen LogP contribution in [0.25, 0.3) is 0 Å². The average molecular weight is 300 g/mol. The molecule has 2 saturated heterocycles. The number of aliphatic hydroxyl groups excluding tert-OH is 3. The molecule has 0 radical (unpaired) electrons. The number of aliphatic hydroxyl groups is 3. The highest BCUT2D eigenvalue weighted by Crippen LogP contribution is 2.36. The van der Waals surface area contributed by atoms with Crippen LogP contribution >= 0.6 is 11.8 Å². The molecular formula is C13H20N2O4S. The zero-order valence-electron chi connectivity index (χ0n) is 11.1. The summed E-state index contributed by atoms with van der Waals surface area (Å²) in [6.45, 7) is 4.28. The van der Waals surface area contributed by atoms with Crippen molar-refractivity contribution in [1.29, 1.82) is 0 Å². The van der Waals surface area contributed by atoms with Crippen LogP contribution in [0.15, 0.2) is 17.6 Å². The Bertz CT molecular complexity index is 415. The highest BCUT2D eigenvalue weighted by Gasteiger charge is 2.50. The highest BCUT2D eigenvalue weighted by molar-refractivity contribution is 8.14. The number of fused-ring (bicyclic) bond motifs is 1. The summed E-state index contributed by atoms with van der Waals surface area (Å²) in [4.78, 5) is 4.47. The first-order chi connectivity index (χ1) is 9.60. The molecule has 112 valence electrons. The minimum atomic E-state index is -1.15. The van der Waals surface area contributed by atoms with E-state index in [-0.39, 0.29) is 5.44 Å². The maximum absolute atomic E-state index is 10.2. The molecule has 3 fully saturated rings. The summed E-state index contributed by atoms with van der Waals surface area (Å²) in [5.74, 6) is 0.694. The lowest BCUT2D eigenvalue weighted by Gasteiger charge is -2.40. The Morgan fingerprint density at radius 2 is 2.20 bits per heavy atom. The second-order valence-electron chi connectivity index (χ2n) is 5.55. The molecule has 7 heteroatoms. The zero-order chi connectivity index (χ0) is 14.3. The number of rotatable bonds is 4. The first kappa shape index (κ1) is 14.3. The quantitative estimate of drug-likeness (QED) is 0.521. The molecule has 6 atom stereocenters. The number of aliphatic imine (C=N–C) groups is 1. The van der Waals surface area contributed by atoms with Crippen LogP contribution in [0, 0.1) is 5.92 Å². The van der Waals surface area contributed by atoms with Gasteiger partial charge in [0, 0.05) is 6.54 Å². The molecule has 0 spiro atoms. The number of hydrogen-bond donors (Lipinski definition) is 4. The van der Waals surface area contributed by atoms with Gasteiger partial charge in [-0.25, -0.2) is 0 Å². The molecule has 6 nitrogen and oxygen atoms in total. The van der Waals surface area contributed by atoms with Gasteiger partial charge in [-0.2, -0.15) is 0 Å². The monoisotopic (exact) mass is 300 g/mol. The van der Waals surface area contributed by atoms with Crippen LogP contribution < -0.4 is 5.32 Å². The molecule has 0 aromatic carbocycles. The molecule has 20 heavy (non-hydrogen) atoms. The van der Waals surface area contributed by atoms with Crippen LogP contribution in [0.4, 0.5) is 0 Å². The van der Waals surface area contributed by atoms with Crippen LogP contribution in [0.3, 0.4) is 0 Å². The van der Waals surface area contributed by atoms with Gasteiger partial charge in [-0.3, -0.25) is 4.99 Å². The van der Waals surface area contributed by atoms with Crippen molar-refractivity contribution in [2.45, 2.75) is 48.7 Å². The molecule has 3 rings (SSSR count). The average Bonchev–Trinajstić information content (AvgIpc) is 3.19. The third-order valence-electron chi connectivity index (χ3n) is 3.92. The second-order valence-corrected chi connectivity index (χ2v) is 6.64. The van der Waals surface area contributed by atoms with E-state index in [0.29, 0.717) is 5.92 Å². The van der Waals surface area contributed by atoms with Crippen molar-refractivity contribution in [3.8, 4) is 0 Å². The molecule has 1 saturated carbocycles. The van der Waals surface area contributed by atoms with Crippen molar-refractivity contribution in [1.82, 2.24) is 5.32 Å². The van der Waals surface area contributed by atoms with Crippen molar-refractivity contribution in [2.75, 3.05) is 6.54 Å². The van der Waals surface area contributed by atoms with Crippen molar-refractivity contribution < 1.29 is 20.1 Å². The predicted molar refractivity (Wildman–Crippen MR) is 76.4 cm³/mol. The Morgan fingerprint density at radius 1 is 1.45 bits per heavy atom. The van der Waals surface area contributed by atoms with E-state index >= 15 is 0 Å². The summed E-state index contributed by atoms with van der Waals surface area (Å²) in [5.41, 5.74) is -0.356. The molecule has 0 aromatic rings. The molecule has 2 aliphatic heterocycles. The first-order valence-electron chi connectivity index (χ1n) is 6.90. The topological polar surface area (TPSA) is 94.3 Å². The lowest BCUT2D eigenvalue weighted by atomic mass is 9.95. The van der Waals surface area contributed by atoms with Crippen molar-refractivity contribution in [3.05, 3.63) is 12.7 Å². The van der Waals surface area contributed by atoms with Gasteiger partial charge in [-0.15, -0.1) is 6.58 Å². The van der Waals surface area contributed by atoms with Crippen molar-refractivity contribution >= 4 is 16.9 Å². The van der Waals surface area contributed by atoms with Crippen LogP contribution in [0.5, 0.6) is 0 Å². The van der Waals surface area contributed by atoms with Gasteiger partial charge in [0.05, 0.1) is 6.04 Å². The fraction of sp³-hybridized carbons (Fsp3) is 0.769. The molecule has 4 N–H and O–H groups in total. The minimum Gasteiger partial charge on any atom is -0.388 e. The number of nitrogens with one attached hydrogen (secondary N) is 1. The molecule has 0 aromatic heterocycles. The van der Waals surface area contributed by atoms with Gasteiger partial charge >= 0.3 is 0 Å². The second kappa shape index (κ2) is 5.65. The van der Waals surface area contributed by atoms with Gasteiger partial charge in [-0.1, -0.05) is 17.8 Å². The fourth-order valence-corrected chi connectivity index (χ4v) is 3.57. The predicted octanol–water partition coefficient (Wildman–Crippen LogP) is -0.549. The zero-order valence-corrected chi connectivity index (χ0v) is 11.9. The third kappa shape index (κ3) is 2.73. The van der Waals surface area contributed by atoms with Gasteiger partial charge in [0.1, 0.15) is 29.9 Å². The van der Waals surface area contributed by atoms with Crippen molar-refractivity contribution in [2.24, 2.45) is 10.9 Å². The Labute approximate surface area is 121 Å². The van der Waals surface area contributed by atoms with E-state index < -0.39 is 30.5 Å². The number of hydrogen-bond acceptors (Lipinski definition) is 6. The fourth-order valence-electron chi connectivity index (χ4n) is 2.44. The van der Waals surface area contributed by atoms with Crippen LogP contribution in [-0.2, 0) is 4.74 Å². The SMILES string of the molecule is C=C[C@H](O)[C@H]1O[C@@H]2SC(=NCC3CC3)N[C@@H]2[C@@H](O)[C@@H]1O. The molecule has 0 amide bonds. The maximum atomic E-state index is 10.2. The number of ether oxygens (including phenoxy) is 1. The van der Waals surface area contributed by atoms with Gasteiger partial charge < -0.3 is 25.4 Å². The Balaban J connectivity index is 1.68. The van der Waals surface area contributed by atoms with Crippen molar-refractivity contribution in [3.63, 3.8) is 0 Å². The van der Waals surface area contributed by atoms with Gasteiger partial charge in [0.2, 0.25) is 0 Å². The summed E-state index contributed by atoms with van der Waals surface area (Å²) < 4.78 is 5.69. The van der Waals surface area contributed by atoms with E-state index in [1.165, 1.54) is 30.7 Å². The van der Waals surface area contributed by atoms with E-state index in [1.54, 1.807) is 0 Å². The lowest BCUT2D eigenvalue weighted by Crippen LogP contribution is -2.61. The van der Waals surface area contributed by atoms with Crippen LogP contribution in [0.2, 0.25) is 0 Å². The van der Waals surface area contributed by atoms with Gasteiger partial charge in [0.15, 0.2) is 5.17 Å². The summed E-state index contributed by atoms with van der Waals surface area (Å²) in [6, 6.07) is -0.402. The number of nitrogens with zero attached hydrogens (tertiary/aromatic N) is 1. The van der Waals surface area contributed by atoms with Gasteiger partial charge in [0.25, 0.3) is 0 Å². The number of thioether (sulfide) groups is 1.